The van der Waals surface area contributed by atoms with E-state index in [2.05, 4.69) is 29.8 Å². The van der Waals surface area contributed by atoms with Crippen LogP contribution in [0.25, 0.3) is 0 Å². The summed E-state index contributed by atoms with van der Waals surface area (Å²) in [5, 5.41) is 0.896. The van der Waals surface area contributed by atoms with Crippen molar-refractivity contribution in [1.29, 1.82) is 0 Å². The van der Waals surface area contributed by atoms with Crippen LogP contribution >= 0.6 is 15.9 Å². The Morgan fingerprint density at radius 1 is 1.40 bits per heavy atom. The highest BCUT2D eigenvalue weighted by atomic mass is 79.9. The number of rotatable bonds is 4. The molecule has 0 fully saturated rings. The highest BCUT2D eigenvalue weighted by Gasteiger charge is 2.17. The minimum absolute atomic E-state index is 0.140. The molecule has 15 heavy (non-hydrogen) atoms. The SMILES string of the molecule is COc1ccc(CC(C)(C)CBr)cc1F. The summed E-state index contributed by atoms with van der Waals surface area (Å²) < 4.78 is 18.3. The van der Waals surface area contributed by atoms with Crippen LogP contribution in [0.15, 0.2) is 18.2 Å². The number of alkyl halides is 1. The van der Waals surface area contributed by atoms with Gasteiger partial charge in [-0.25, -0.2) is 4.39 Å². The van der Waals surface area contributed by atoms with E-state index in [1.165, 1.54) is 7.11 Å². The Morgan fingerprint density at radius 3 is 2.53 bits per heavy atom. The Bertz CT molecular complexity index is 336. The maximum atomic E-state index is 13.4. The zero-order valence-corrected chi connectivity index (χ0v) is 10.9. The van der Waals surface area contributed by atoms with Crippen LogP contribution < -0.4 is 4.74 Å². The van der Waals surface area contributed by atoms with Crippen LogP contribution in [0.2, 0.25) is 0 Å². The largest absolute Gasteiger partial charge is 0.494 e. The van der Waals surface area contributed by atoms with E-state index in [1.807, 2.05) is 6.07 Å². The van der Waals surface area contributed by atoms with Gasteiger partial charge >= 0.3 is 0 Å². The van der Waals surface area contributed by atoms with E-state index >= 15 is 0 Å². The molecular formula is C12H16BrFO. The van der Waals surface area contributed by atoms with Crippen LogP contribution in [0.3, 0.4) is 0 Å². The summed E-state index contributed by atoms with van der Waals surface area (Å²) in [6.45, 7) is 4.29. The third-order valence-electron chi connectivity index (χ3n) is 2.26. The van der Waals surface area contributed by atoms with E-state index in [0.717, 1.165) is 17.3 Å². The molecule has 0 heterocycles. The Hall–Kier alpha value is -0.570. The molecule has 1 rings (SSSR count). The van der Waals surface area contributed by atoms with Gasteiger partial charge in [0.15, 0.2) is 11.6 Å². The highest BCUT2D eigenvalue weighted by Crippen LogP contribution is 2.26. The fourth-order valence-corrected chi connectivity index (χ4v) is 1.62. The van der Waals surface area contributed by atoms with Gasteiger partial charge < -0.3 is 4.74 Å². The van der Waals surface area contributed by atoms with Crippen molar-refractivity contribution in [2.75, 3.05) is 12.4 Å². The van der Waals surface area contributed by atoms with Crippen molar-refractivity contribution in [2.45, 2.75) is 20.3 Å². The van der Waals surface area contributed by atoms with E-state index in [4.69, 9.17) is 4.74 Å². The minimum Gasteiger partial charge on any atom is -0.494 e. The van der Waals surface area contributed by atoms with Crippen molar-refractivity contribution >= 4 is 15.9 Å². The Balaban J connectivity index is 2.84. The number of halogens is 2. The lowest BCUT2D eigenvalue weighted by Crippen LogP contribution is -2.16. The first-order valence-corrected chi connectivity index (χ1v) is 5.99. The van der Waals surface area contributed by atoms with Gasteiger partial charge in [-0.05, 0) is 29.5 Å². The molecule has 0 spiro atoms. The lowest BCUT2D eigenvalue weighted by atomic mass is 9.88. The molecule has 3 heteroatoms. The molecule has 1 nitrogen and oxygen atoms in total. The zero-order valence-electron chi connectivity index (χ0n) is 9.31. The molecule has 0 aliphatic rings. The summed E-state index contributed by atoms with van der Waals surface area (Å²) in [7, 11) is 1.47. The third-order valence-corrected chi connectivity index (χ3v) is 3.78. The molecule has 0 aliphatic carbocycles. The van der Waals surface area contributed by atoms with Gasteiger partial charge in [-0.2, -0.15) is 0 Å². The van der Waals surface area contributed by atoms with Crippen LogP contribution in [-0.2, 0) is 6.42 Å². The maximum Gasteiger partial charge on any atom is 0.165 e. The minimum atomic E-state index is -0.291. The smallest absolute Gasteiger partial charge is 0.165 e. The first-order valence-electron chi connectivity index (χ1n) is 4.87. The van der Waals surface area contributed by atoms with Crippen LogP contribution in [0, 0.1) is 11.2 Å². The van der Waals surface area contributed by atoms with Crippen molar-refractivity contribution in [3.8, 4) is 5.75 Å². The molecule has 0 saturated carbocycles. The van der Waals surface area contributed by atoms with E-state index < -0.39 is 0 Å². The first-order chi connectivity index (χ1) is 6.98. The van der Waals surface area contributed by atoms with E-state index in [9.17, 15) is 4.39 Å². The molecule has 1 aromatic rings. The number of hydrogen-bond acceptors (Lipinski definition) is 1. The van der Waals surface area contributed by atoms with Gasteiger partial charge in [0.05, 0.1) is 7.11 Å². The maximum absolute atomic E-state index is 13.4. The van der Waals surface area contributed by atoms with Crippen LogP contribution in [0.5, 0.6) is 5.75 Å². The molecule has 0 aromatic heterocycles. The summed E-state index contributed by atoms with van der Waals surface area (Å²) >= 11 is 3.46. The summed E-state index contributed by atoms with van der Waals surface area (Å²) in [6, 6.07) is 5.13. The highest BCUT2D eigenvalue weighted by molar-refractivity contribution is 9.09. The zero-order chi connectivity index (χ0) is 11.5. The quantitative estimate of drug-likeness (QED) is 0.759. The Labute approximate surface area is 98.8 Å². The van der Waals surface area contributed by atoms with Crippen molar-refractivity contribution in [1.82, 2.24) is 0 Å². The van der Waals surface area contributed by atoms with E-state index in [1.54, 1.807) is 12.1 Å². The molecular weight excluding hydrogens is 259 g/mol. The van der Waals surface area contributed by atoms with Crippen LogP contribution in [-0.4, -0.2) is 12.4 Å². The molecule has 0 unspecified atom stereocenters. The van der Waals surface area contributed by atoms with E-state index in [0.29, 0.717) is 5.75 Å². The van der Waals surface area contributed by atoms with Crippen LogP contribution in [0.1, 0.15) is 19.4 Å². The Morgan fingerprint density at radius 2 is 2.07 bits per heavy atom. The number of ether oxygens (including phenoxy) is 1. The van der Waals surface area contributed by atoms with Crippen LogP contribution in [0.4, 0.5) is 4.39 Å². The summed E-state index contributed by atoms with van der Waals surface area (Å²) in [5.74, 6) is 0.00997. The topological polar surface area (TPSA) is 9.23 Å². The van der Waals surface area contributed by atoms with E-state index in [-0.39, 0.29) is 11.2 Å². The second kappa shape index (κ2) is 4.97. The molecule has 0 bridgehead atoms. The van der Waals surface area contributed by atoms with Gasteiger partial charge in [0, 0.05) is 5.33 Å². The van der Waals surface area contributed by atoms with Gasteiger partial charge in [0.1, 0.15) is 0 Å². The molecule has 0 N–H and O–H groups in total. The second-order valence-electron chi connectivity index (χ2n) is 4.44. The monoisotopic (exact) mass is 274 g/mol. The summed E-state index contributed by atoms with van der Waals surface area (Å²) in [5.41, 5.74) is 1.14. The molecule has 0 radical (unpaired) electrons. The molecule has 0 atom stereocenters. The number of methoxy groups -OCH3 is 1. The van der Waals surface area contributed by atoms with Crippen molar-refractivity contribution in [3.63, 3.8) is 0 Å². The average Bonchev–Trinajstić information content (AvgIpc) is 2.17. The molecule has 0 amide bonds. The predicted molar refractivity (Wildman–Crippen MR) is 64.2 cm³/mol. The average molecular weight is 275 g/mol. The second-order valence-corrected chi connectivity index (χ2v) is 5.00. The summed E-state index contributed by atoms with van der Waals surface area (Å²) in [4.78, 5) is 0. The fourth-order valence-electron chi connectivity index (χ4n) is 1.42. The lowest BCUT2D eigenvalue weighted by Gasteiger charge is -2.21. The fraction of sp³-hybridized carbons (Fsp3) is 0.500. The predicted octanol–water partition coefficient (Wildman–Crippen LogP) is 3.80. The van der Waals surface area contributed by atoms with Gasteiger partial charge in [-0.15, -0.1) is 0 Å². The van der Waals surface area contributed by atoms with Crippen molar-refractivity contribution < 1.29 is 9.13 Å². The van der Waals surface area contributed by atoms with Crippen molar-refractivity contribution in [2.24, 2.45) is 5.41 Å². The Kier molecular flexibility index (Phi) is 4.14. The third kappa shape index (κ3) is 3.49. The van der Waals surface area contributed by atoms with Gasteiger partial charge in [0.25, 0.3) is 0 Å². The van der Waals surface area contributed by atoms with Gasteiger partial charge in [-0.3, -0.25) is 0 Å². The van der Waals surface area contributed by atoms with Crippen molar-refractivity contribution in [3.05, 3.63) is 29.6 Å². The molecule has 84 valence electrons. The molecule has 0 saturated heterocycles. The van der Waals surface area contributed by atoms with Gasteiger partial charge in [0.2, 0.25) is 0 Å². The standard InChI is InChI=1S/C12H16BrFO/c1-12(2,8-13)7-9-4-5-11(15-3)10(14)6-9/h4-6H,7-8H2,1-3H3. The normalized spacial score (nSPS) is 11.5. The number of benzene rings is 1. The first kappa shape index (κ1) is 12.5. The molecule has 0 aliphatic heterocycles. The van der Waals surface area contributed by atoms with Gasteiger partial charge in [-0.1, -0.05) is 35.8 Å². The number of hydrogen-bond donors (Lipinski definition) is 0. The lowest BCUT2D eigenvalue weighted by molar-refractivity contribution is 0.384. The summed E-state index contributed by atoms with van der Waals surface area (Å²) in [6.07, 6.45) is 0.846. The molecule has 1 aromatic carbocycles.